The molecule has 0 saturated carbocycles. The molecule has 0 bridgehead atoms. The van der Waals surface area contributed by atoms with Gasteiger partial charge in [0.1, 0.15) is 5.76 Å². The highest BCUT2D eigenvalue weighted by atomic mass is 16.4. The number of nitrogens with zero attached hydrogens (tertiary/aromatic N) is 3. The first kappa shape index (κ1) is 10.6. The summed E-state index contributed by atoms with van der Waals surface area (Å²) in [6, 6.07) is 0.316. The highest BCUT2D eigenvalue weighted by molar-refractivity contribution is 5.17. The fourth-order valence-corrected chi connectivity index (χ4v) is 1.15. The Kier molecular flexibility index (Phi) is 3.16. The number of rotatable bonds is 5. The lowest BCUT2D eigenvalue weighted by Crippen LogP contribution is -1.99. The Balaban J connectivity index is 1.91. The predicted octanol–water partition coefficient (Wildman–Crippen LogP) is 0.691. The molecule has 86 valence electrons. The zero-order valence-corrected chi connectivity index (χ0v) is 8.93. The molecule has 2 heterocycles. The minimum atomic E-state index is 0.230. The van der Waals surface area contributed by atoms with E-state index in [4.69, 9.17) is 14.6 Å². The maximum Gasteiger partial charge on any atom is 0.315 e. The van der Waals surface area contributed by atoms with Crippen molar-refractivity contribution in [2.24, 2.45) is 5.73 Å². The van der Waals surface area contributed by atoms with Gasteiger partial charge in [-0.1, -0.05) is 12.0 Å². The number of hydrogen-bond donors (Lipinski definition) is 2. The van der Waals surface area contributed by atoms with Crippen LogP contribution in [-0.4, -0.2) is 15.2 Å². The second kappa shape index (κ2) is 4.75. The van der Waals surface area contributed by atoms with E-state index in [9.17, 15) is 0 Å². The lowest BCUT2D eigenvalue weighted by atomic mass is 10.4. The first-order chi connectivity index (χ1) is 7.81. The Bertz CT molecular complexity index is 408. The molecule has 0 saturated heterocycles. The first-order valence-electron chi connectivity index (χ1n) is 5.01. The minimum Gasteiger partial charge on any atom is -0.444 e. The third kappa shape index (κ3) is 2.37. The fraction of sp³-hybridized carbons (Fsp3) is 0.444. The van der Waals surface area contributed by atoms with Crippen LogP contribution in [0.4, 0.5) is 6.01 Å². The maximum absolute atomic E-state index is 5.40. The van der Waals surface area contributed by atoms with E-state index >= 15 is 0 Å². The van der Waals surface area contributed by atoms with Crippen molar-refractivity contribution in [1.29, 1.82) is 0 Å². The molecule has 0 aromatic carbocycles. The predicted molar refractivity (Wildman–Crippen MR) is 55.4 cm³/mol. The quantitative estimate of drug-likeness (QED) is 0.768. The lowest BCUT2D eigenvalue weighted by molar-refractivity contribution is 0.459. The molecule has 0 aliphatic rings. The molecule has 2 rings (SSSR count). The lowest BCUT2D eigenvalue weighted by Gasteiger charge is -1.95. The van der Waals surface area contributed by atoms with Gasteiger partial charge in [0.05, 0.1) is 19.3 Å². The third-order valence-electron chi connectivity index (χ3n) is 1.98. The molecule has 0 aliphatic heterocycles. The second-order valence-corrected chi connectivity index (χ2v) is 3.13. The highest BCUT2D eigenvalue weighted by Crippen LogP contribution is 2.08. The molecule has 2 aromatic heterocycles. The molecule has 0 aliphatic carbocycles. The Morgan fingerprint density at radius 3 is 2.81 bits per heavy atom. The molecular weight excluding hydrogens is 210 g/mol. The van der Waals surface area contributed by atoms with E-state index in [1.165, 1.54) is 0 Å². The smallest absolute Gasteiger partial charge is 0.315 e. The second-order valence-electron chi connectivity index (χ2n) is 3.13. The average Bonchev–Trinajstić information content (AvgIpc) is 2.95. The number of aromatic nitrogens is 3. The van der Waals surface area contributed by atoms with Gasteiger partial charge in [-0.05, 0) is 0 Å². The summed E-state index contributed by atoms with van der Waals surface area (Å²) in [4.78, 5) is 4.09. The van der Waals surface area contributed by atoms with Crippen LogP contribution >= 0.6 is 0 Å². The Labute approximate surface area is 92.1 Å². The molecule has 3 N–H and O–H groups in total. The van der Waals surface area contributed by atoms with Gasteiger partial charge in [0.25, 0.3) is 0 Å². The summed E-state index contributed by atoms with van der Waals surface area (Å²) >= 11 is 0. The molecule has 0 spiro atoms. The molecule has 2 aromatic rings. The number of hydrogen-bond acceptors (Lipinski definition) is 7. The van der Waals surface area contributed by atoms with Crippen molar-refractivity contribution in [2.45, 2.75) is 26.4 Å². The van der Waals surface area contributed by atoms with E-state index in [2.05, 4.69) is 20.5 Å². The van der Waals surface area contributed by atoms with Gasteiger partial charge in [-0.3, -0.25) is 0 Å². The summed E-state index contributed by atoms with van der Waals surface area (Å²) in [5.74, 6) is 1.83. The molecular formula is C9H13N5O2. The Hall–Kier alpha value is -1.89. The normalized spacial score (nSPS) is 10.6. The Morgan fingerprint density at radius 2 is 2.19 bits per heavy atom. The summed E-state index contributed by atoms with van der Waals surface area (Å²) in [5.41, 5.74) is 5.34. The largest absolute Gasteiger partial charge is 0.444 e. The first-order valence-corrected chi connectivity index (χ1v) is 5.01. The number of nitrogens with one attached hydrogen (secondary N) is 1. The van der Waals surface area contributed by atoms with Gasteiger partial charge in [-0.25, -0.2) is 4.98 Å². The minimum absolute atomic E-state index is 0.230. The van der Waals surface area contributed by atoms with Crippen molar-refractivity contribution >= 4 is 6.01 Å². The van der Waals surface area contributed by atoms with Crippen LogP contribution in [0.2, 0.25) is 0 Å². The molecule has 16 heavy (non-hydrogen) atoms. The van der Waals surface area contributed by atoms with Gasteiger partial charge in [-0.15, -0.1) is 5.10 Å². The number of nitrogens with two attached hydrogens (primary N) is 1. The molecule has 0 fully saturated rings. The number of oxazole rings is 1. The highest BCUT2D eigenvalue weighted by Gasteiger charge is 2.06. The van der Waals surface area contributed by atoms with Crippen molar-refractivity contribution in [1.82, 2.24) is 15.2 Å². The standard InChI is InChI=1S/C9H13N5O2/c1-2-6-4-11-8(15-6)5-12-9-14-13-7(3-10)16-9/h4H,2-3,5,10H2,1H3,(H,12,14). The zero-order chi connectivity index (χ0) is 11.4. The van der Waals surface area contributed by atoms with Crippen LogP contribution in [0.15, 0.2) is 15.0 Å². The molecule has 0 radical (unpaired) electrons. The summed E-state index contributed by atoms with van der Waals surface area (Å²) in [7, 11) is 0. The van der Waals surface area contributed by atoms with Gasteiger partial charge < -0.3 is 19.9 Å². The van der Waals surface area contributed by atoms with Gasteiger partial charge in [-0.2, -0.15) is 0 Å². The summed E-state index contributed by atoms with van der Waals surface area (Å²) in [6.45, 7) is 2.64. The van der Waals surface area contributed by atoms with Gasteiger partial charge >= 0.3 is 6.01 Å². The third-order valence-corrected chi connectivity index (χ3v) is 1.98. The summed E-state index contributed by atoms with van der Waals surface area (Å²) < 4.78 is 10.6. The molecule has 0 amide bonds. The summed E-state index contributed by atoms with van der Waals surface area (Å²) in [5, 5.41) is 10.4. The number of anilines is 1. The van der Waals surface area contributed by atoms with Crippen molar-refractivity contribution < 1.29 is 8.83 Å². The van der Waals surface area contributed by atoms with Crippen LogP contribution in [0.25, 0.3) is 0 Å². The van der Waals surface area contributed by atoms with Gasteiger partial charge in [0, 0.05) is 6.42 Å². The maximum atomic E-state index is 5.40. The van der Waals surface area contributed by atoms with E-state index in [0.29, 0.717) is 24.3 Å². The topological polar surface area (TPSA) is 103 Å². The zero-order valence-electron chi connectivity index (χ0n) is 8.93. The molecule has 0 atom stereocenters. The van der Waals surface area contributed by atoms with Crippen LogP contribution in [-0.2, 0) is 19.5 Å². The monoisotopic (exact) mass is 223 g/mol. The van der Waals surface area contributed by atoms with Crippen LogP contribution in [0, 0.1) is 0 Å². The molecule has 7 nitrogen and oxygen atoms in total. The van der Waals surface area contributed by atoms with Crippen molar-refractivity contribution in [3.63, 3.8) is 0 Å². The van der Waals surface area contributed by atoms with Crippen LogP contribution < -0.4 is 11.1 Å². The van der Waals surface area contributed by atoms with Crippen molar-refractivity contribution in [2.75, 3.05) is 5.32 Å². The van der Waals surface area contributed by atoms with Crippen molar-refractivity contribution in [3.05, 3.63) is 23.7 Å². The van der Waals surface area contributed by atoms with E-state index < -0.39 is 0 Å². The van der Waals surface area contributed by atoms with Crippen LogP contribution in [0.3, 0.4) is 0 Å². The van der Waals surface area contributed by atoms with E-state index in [1.807, 2.05) is 6.92 Å². The van der Waals surface area contributed by atoms with Crippen molar-refractivity contribution in [3.8, 4) is 0 Å². The molecule has 7 heteroatoms. The van der Waals surface area contributed by atoms with Gasteiger partial charge in [0.2, 0.25) is 11.8 Å². The van der Waals surface area contributed by atoms with Crippen LogP contribution in [0.1, 0.15) is 24.5 Å². The average molecular weight is 223 g/mol. The van der Waals surface area contributed by atoms with E-state index in [0.717, 1.165) is 12.2 Å². The van der Waals surface area contributed by atoms with E-state index in [1.54, 1.807) is 6.20 Å². The van der Waals surface area contributed by atoms with E-state index in [-0.39, 0.29) is 6.54 Å². The van der Waals surface area contributed by atoms with Gasteiger partial charge in [0.15, 0.2) is 0 Å². The SMILES string of the molecule is CCc1cnc(CNc2nnc(CN)o2)o1. The summed E-state index contributed by atoms with van der Waals surface area (Å²) in [6.07, 6.45) is 2.53. The number of aryl methyl sites for hydroxylation is 1. The Morgan fingerprint density at radius 1 is 1.31 bits per heavy atom. The van der Waals surface area contributed by atoms with Crippen LogP contribution in [0.5, 0.6) is 0 Å². The fourth-order valence-electron chi connectivity index (χ4n) is 1.15. The molecule has 0 unspecified atom stereocenters.